The molecule has 0 radical (unpaired) electrons. The second kappa shape index (κ2) is 6.72. The van der Waals surface area contributed by atoms with Gasteiger partial charge in [-0.3, -0.25) is 4.79 Å². The van der Waals surface area contributed by atoms with Gasteiger partial charge in [-0.2, -0.15) is 0 Å². The van der Waals surface area contributed by atoms with Crippen molar-refractivity contribution in [2.24, 2.45) is 5.41 Å². The highest BCUT2D eigenvalue weighted by atomic mass is 31.2. The van der Waals surface area contributed by atoms with Crippen molar-refractivity contribution in [1.82, 2.24) is 5.32 Å². The van der Waals surface area contributed by atoms with Gasteiger partial charge in [-0.1, -0.05) is 81.4 Å². The summed E-state index contributed by atoms with van der Waals surface area (Å²) < 4.78 is 14.3. The Morgan fingerprint density at radius 3 is 1.61 bits per heavy atom. The predicted octanol–water partition coefficient (Wildman–Crippen LogP) is 3.51. The SMILES string of the molecule is CC(=O)N[C@H](C(C)(C)C)P(=O)(c1ccccc1)c1ccccc1. The fourth-order valence-corrected chi connectivity index (χ4v) is 6.37. The zero-order valence-corrected chi connectivity index (χ0v) is 15.0. The van der Waals surface area contributed by atoms with Crippen molar-refractivity contribution in [3.8, 4) is 0 Å². The van der Waals surface area contributed by atoms with Gasteiger partial charge in [0, 0.05) is 17.5 Å². The largest absolute Gasteiger partial charge is 0.345 e. The molecule has 0 aliphatic rings. The molecule has 0 aliphatic carbocycles. The summed E-state index contributed by atoms with van der Waals surface area (Å²) in [5.41, 5.74) is -0.354. The highest BCUT2D eigenvalue weighted by Crippen LogP contribution is 2.53. The number of hydrogen-bond acceptors (Lipinski definition) is 2. The van der Waals surface area contributed by atoms with Crippen LogP contribution in [0.5, 0.6) is 0 Å². The molecule has 0 aliphatic heterocycles. The topological polar surface area (TPSA) is 46.2 Å². The van der Waals surface area contributed by atoms with Crippen LogP contribution in [0.2, 0.25) is 0 Å². The van der Waals surface area contributed by atoms with Crippen molar-refractivity contribution in [1.29, 1.82) is 0 Å². The summed E-state index contributed by atoms with van der Waals surface area (Å²) in [6.45, 7) is 7.49. The van der Waals surface area contributed by atoms with Crippen molar-refractivity contribution in [3.05, 3.63) is 60.7 Å². The minimum atomic E-state index is -3.04. The number of hydrogen-bond donors (Lipinski definition) is 1. The van der Waals surface area contributed by atoms with Gasteiger partial charge in [0.2, 0.25) is 5.91 Å². The van der Waals surface area contributed by atoms with E-state index in [1.165, 1.54) is 6.92 Å². The zero-order chi connectivity index (χ0) is 17.1. The molecule has 122 valence electrons. The number of benzene rings is 2. The molecule has 0 spiro atoms. The second-order valence-electron chi connectivity index (χ2n) is 6.80. The first kappa shape index (κ1) is 17.5. The minimum absolute atomic E-state index is 0.169. The average molecular weight is 329 g/mol. The lowest BCUT2D eigenvalue weighted by molar-refractivity contribution is -0.119. The number of rotatable bonds is 4. The molecule has 0 unspecified atom stereocenters. The maximum absolute atomic E-state index is 14.3. The average Bonchev–Trinajstić information content (AvgIpc) is 2.52. The Balaban J connectivity index is 2.71. The summed E-state index contributed by atoms with van der Waals surface area (Å²) in [5, 5.41) is 4.48. The van der Waals surface area contributed by atoms with E-state index in [4.69, 9.17) is 0 Å². The third kappa shape index (κ3) is 3.73. The first-order chi connectivity index (χ1) is 10.8. The van der Waals surface area contributed by atoms with Crippen LogP contribution < -0.4 is 15.9 Å². The van der Waals surface area contributed by atoms with Crippen LogP contribution in [0.3, 0.4) is 0 Å². The lowest BCUT2D eigenvalue weighted by atomic mass is 9.96. The Labute approximate surface area is 138 Å². The molecule has 0 bridgehead atoms. The van der Waals surface area contributed by atoms with E-state index in [1.807, 2.05) is 81.4 Å². The monoisotopic (exact) mass is 329 g/mol. The van der Waals surface area contributed by atoms with E-state index in [1.54, 1.807) is 0 Å². The Morgan fingerprint density at radius 1 is 0.913 bits per heavy atom. The number of amides is 1. The lowest BCUT2D eigenvalue weighted by Gasteiger charge is -2.38. The van der Waals surface area contributed by atoms with Gasteiger partial charge < -0.3 is 9.88 Å². The van der Waals surface area contributed by atoms with Gasteiger partial charge in [0.1, 0.15) is 0 Å². The van der Waals surface area contributed by atoms with Gasteiger partial charge in [0.15, 0.2) is 7.14 Å². The van der Waals surface area contributed by atoms with Gasteiger partial charge in [-0.15, -0.1) is 0 Å². The Kier molecular flexibility index (Phi) is 5.11. The quantitative estimate of drug-likeness (QED) is 0.873. The van der Waals surface area contributed by atoms with Gasteiger partial charge >= 0.3 is 0 Å². The fraction of sp³-hybridized carbons (Fsp3) is 0.316. The van der Waals surface area contributed by atoms with Crippen LogP contribution >= 0.6 is 7.14 Å². The van der Waals surface area contributed by atoms with Gasteiger partial charge in [0.25, 0.3) is 0 Å². The van der Waals surface area contributed by atoms with Crippen molar-refractivity contribution in [2.45, 2.75) is 33.5 Å². The Morgan fingerprint density at radius 2 is 1.30 bits per heavy atom. The van der Waals surface area contributed by atoms with E-state index in [2.05, 4.69) is 5.32 Å². The van der Waals surface area contributed by atoms with Gasteiger partial charge in [0.05, 0.1) is 5.78 Å². The third-order valence-electron chi connectivity index (χ3n) is 3.80. The Hall–Kier alpha value is -1.86. The molecule has 0 saturated carbocycles. The molecule has 0 fully saturated rings. The lowest BCUT2D eigenvalue weighted by Crippen LogP contribution is -2.46. The van der Waals surface area contributed by atoms with Crippen LogP contribution in [0.1, 0.15) is 27.7 Å². The highest BCUT2D eigenvalue weighted by Gasteiger charge is 2.43. The van der Waals surface area contributed by atoms with E-state index in [9.17, 15) is 9.36 Å². The molecule has 1 atom stereocenters. The maximum atomic E-state index is 14.3. The molecular formula is C19H24NO2P. The van der Waals surface area contributed by atoms with Crippen molar-refractivity contribution in [3.63, 3.8) is 0 Å². The molecule has 1 amide bonds. The summed E-state index contributed by atoms with van der Waals surface area (Å²) in [7, 11) is -3.04. The molecule has 23 heavy (non-hydrogen) atoms. The molecule has 0 heterocycles. The molecule has 0 aromatic heterocycles. The smallest absolute Gasteiger partial charge is 0.217 e. The normalized spacial score (nSPS) is 13.4. The van der Waals surface area contributed by atoms with Crippen LogP contribution in [0, 0.1) is 5.41 Å². The molecule has 2 aromatic carbocycles. The van der Waals surface area contributed by atoms with E-state index in [-0.39, 0.29) is 11.3 Å². The van der Waals surface area contributed by atoms with Crippen molar-refractivity contribution in [2.75, 3.05) is 0 Å². The van der Waals surface area contributed by atoms with E-state index >= 15 is 0 Å². The second-order valence-corrected chi connectivity index (χ2v) is 9.66. The van der Waals surface area contributed by atoms with Crippen LogP contribution in [0.25, 0.3) is 0 Å². The van der Waals surface area contributed by atoms with E-state index < -0.39 is 12.9 Å². The summed E-state index contributed by atoms with van der Waals surface area (Å²) in [4.78, 5) is 11.8. The third-order valence-corrected chi connectivity index (χ3v) is 7.56. The summed E-state index contributed by atoms with van der Waals surface area (Å²) in [6, 6.07) is 18.9. The van der Waals surface area contributed by atoms with Crippen molar-refractivity contribution >= 4 is 23.7 Å². The zero-order valence-electron chi connectivity index (χ0n) is 14.1. The van der Waals surface area contributed by atoms with E-state index in [0.717, 1.165) is 10.6 Å². The first-order valence-electron chi connectivity index (χ1n) is 7.74. The van der Waals surface area contributed by atoms with Crippen LogP contribution in [-0.4, -0.2) is 11.7 Å². The molecular weight excluding hydrogens is 305 g/mol. The summed E-state index contributed by atoms with van der Waals surface area (Å²) in [5.74, 6) is -0.644. The number of nitrogens with one attached hydrogen (secondary N) is 1. The predicted molar refractivity (Wildman–Crippen MR) is 96.8 cm³/mol. The van der Waals surface area contributed by atoms with Crippen LogP contribution in [-0.2, 0) is 9.36 Å². The first-order valence-corrected chi connectivity index (χ1v) is 9.52. The highest BCUT2D eigenvalue weighted by molar-refractivity contribution is 7.79. The molecule has 4 heteroatoms. The van der Waals surface area contributed by atoms with Gasteiger partial charge in [-0.25, -0.2) is 0 Å². The number of carbonyl (C=O) groups excluding carboxylic acids is 1. The summed E-state index contributed by atoms with van der Waals surface area (Å²) in [6.07, 6.45) is 0. The summed E-state index contributed by atoms with van der Waals surface area (Å²) >= 11 is 0. The fourth-order valence-electron chi connectivity index (χ4n) is 2.79. The van der Waals surface area contributed by atoms with Crippen LogP contribution in [0.15, 0.2) is 60.7 Å². The van der Waals surface area contributed by atoms with Crippen LogP contribution in [0.4, 0.5) is 0 Å². The Bertz CT molecular complexity index is 662. The molecule has 2 aromatic rings. The van der Waals surface area contributed by atoms with Crippen molar-refractivity contribution < 1.29 is 9.36 Å². The maximum Gasteiger partial charge on any atom is 0.217 e. The van der Waals surface area contributed by atoms with Gasteiger partial charge in [-0.05, 0) is 5.41 Å². The molecule has 2 rings (SSSR count). The number of carbonyl (C=O) groups is 1. The molecule has 3 nitrogen and oxygen atoms in total. The molecule has 1 N–H and O–H groups in total. The van der Waals surface area contributed by atoms with E-state index in [0.29, 0.717) is 0 Å². The standard InChI is InChI=1S/C19H24NO2P/c1-15(21)20-18(19(2,3)4)23(22,16-11-7-5-8-12-16)17-13-9-6-10-14-17/h5-14,18H,1-4H3,(H,20,21)/t18-/m0/s1. The minimum Gasteiger partial charge on any atom is -0.345 e. The molecule has 0 saturated heterocycles.